The van der Waals surface area contributed by atoms with E-state index in [0.29, 0.717) is 17.8 Å². The number of aromatic nitrogens is 3. The first kappa shape index (κ1) is 19.1. The van der Waals surface area contributed by atoms with Gasteiger partial charge in [0.15, 0.2) is 0 Å². The van der Waals surface area contributed by atoms with E-state index in [4.69, 9.17) is 4.98 Å². The van der Waals surface area contributed by atoms with Crippen molar-refractivity contribution in [1.82, 2.24) is 14.4 Å². The molecule has 0 unspecified atom stereocenters. The van der Waals surface area contributed by atoms with Crippen LogP contribution in [0.1, 0.15) is 16.7 Å². The van der Waals surface area contributed by atoms with Crippen LogP contribution in [0.2, 0.25) is 0 Å². The fraction of sp³-hybridized carbons (Fsp3) is 0.120. The van der Waals surface area contributed by atoms with Gasteiger partial charge in [-0.2, -0.15) is 0 Å². The van der Waals surface area contributed by atoms with E-state index in [1.54, 1.807) is 12.1 Å². The lowest BCUT2D eigenvalue weighted by Gasteiger charge is -2.10. The van der Waals surface area contributed by atoms with Crippen molar-refractivity contribution in [2.24, 2.45) is 0 Å². The van der Waals surface area contributed by atoms with Crippen molar-refractivity contribution < 1.29 is 4.39 Å². The van der Waals surface area contributed by atoms with Crippen molar-refractivity contribution in [3.63, 3.8) is 0 Å². The van der Waals surface area contributed by atoms with Gasteiger partial charge in [-0.3, -0.25) is 9.20 Å². The van der Waals surface area contributed by atoms with Crippen LogP contribution < -0.4 is 10.9 Å². The van der Waals surface area contributed by atoms with Crippen molar-refractivity contribution in [3.05, 3.63) is 99.7 Å². The number of nitrogens with zero attached hydrogens (tertiary/aromatic N) is 2. The number of aryl methyl sites for hydroxylation is 2. The molecule has 2 N–H and O–H groups in total. The second-order valence-electron chi connectivity index (χ2n) is 7.73. The van der Waals surface area contributed by atoms with Gasteiger partial charge in [-0.25, -0.2) is 9.37 Å². The molecule has 0 spiro atoms. The highest BCUT2D eigenvalue weighted by molar-refractivity contribution is 5.87. The lowest BCUT2D eigenvalue weighted by atomic mass is 10.1. The van der Waals surface area contributed by atoms with Crippen LogP contribution in [0.15, 0.2) is 71.7 Å². The van der Waals surface area contributed by atoms with Crippen LogP contribution >= 0.6 is 0 Å². The van der Waals surface area contributed by atoms with E-state index in [1.165, 1.54) is 12.1 Å². The third-order valence-electron chi connectivity index (χ3n) is 5.56. The summed E-state index contributed by atoms with van der Waals surface area (Å²) < 4.78 is 15.2. The summed E-state index contributed by atoms with van der Waals surface area (Å²) in [4.78, 5) is 20.9. The Morgan fingerprint density at radius 3 is 2.61 bits per heavy atom. The zero-order valence-electron chi connectivity index (χ0n) is 17.2. The summed E-state index contributed by atoms with van der Waals surface area (Å²) >= 11 is 0. The van der Waals surface area contributed by atoms with E-state index in [2.05, 4.69) is 10.3 Å². The van der Waals surface area contributed by atoms with Crippen molar-refractivity contribution in [1.29, 1.82) is 0 Å². The topological polar surface area (TPSA) is 62.2 Å². The molecule has 0 fully saturated rings. The molecule has 0 amide bonds. The van der Waals surface area contributed by atoms with Gasteiger partial charge in [0.1, 0.15) is 23.0 Å². The van der Waals surface area contributed by atoms with Gasteiger partial charge < -0.3 is 10.3 Å². The van der Waals surface area contributed by atoms with Gasteiger partial charge in [0.25, 0.3) is 5.56 Å². The molecule has 5 nitrogen and oxygen atoms in total. The Labute approximate surface area is 178 Å². The van der Waals surface area contributed by atoms with Crippen LogP contribution in [0.25, 0.3) is 27.8 Å². The fourth-order valence-corrected chi connectivity index (χ4v) is 3.91. The number of anilines is 1. The van der Waals surface area contributed by atoms with Crippen LogP contribution in [0, 0.1) is 19.7 Å². The van der Waals surface area contributed by atoms with Crippen LogP contribution in [-0.2, 0) is 6.54 Å². The van der Waals surface area contributed by atoms with Gasteiger partial charge in [0.2, 0.25) is 0 Å². The van der Waals surface area contributed by atoms with E-state index in [-0.39, 0.29) is 11.4 Å². The second-order valence-corrected chi connectivity index (χ2v) is 7.73. The minimum Gasteiger partial charge on any atom is -0.365 e. The van der Waals surface area contributed by atoms with E-state index in [9.17, 15) is 9.18 Å². The Morgan fingerprint density at radius 1 is 1.03 bits per heavy atom. The summed E-state index contributed by atoms with van der Waals surface area (Å²) in [6.07, 6.45) is 1.92. The summed E-state index contributed by atoms with van der Waals surface area (Å²) in [5.74, 6) is 0.452. The molecule has 5 aromatic rings. The second kappa shape index (κ2) is 7.40. The van der Waals surface area contributed by atoms with Gasteiger partial charge in [0, 0.05) is 12.7 Å². The highest BCUT2D eigenvalue weighted by atomic mass is 19.1. The number of pyridine rings is 2. The standard InChI is InChI=1S/C25H21FN4O/c1-15-5-3-7-18-13-20(25(31)29-21(15)18)22-24(27-14-17-8-10-19(26)11-9-17)30-12-4-6-16(2)23(30)28-22/h3-13,27H,14H2,1-2H3,(H,29,31). The van der Waals surface area contributed by atoms with Crippen LogP contribution in [0.5, 0.6) is 0 Å². The monoisotopic (exact) mass is 412 g/mol. The highest BCUT2D eigenvalue weighted by Crippen LogP contribution is 2.30. The number of benzene rings is 2. The molecule has 0 aliphatic heterocycles. The molecule has 154 valence electrons. The third-order valence-corrected chi connectivity index (χ3v) is 5.56. The van der Waals surface area contributed by atoms with Gasteiger partial charge in [0.05, 0.1) is 11.1 Å². The molecule has 0 aliphatic carbocycles. The molecule has 6 heteroatoms. The predicted octanol–water partition coefficient (Wildman–Crippen LogP) is 5.21. The fourth-order valence-electron chi connectivity index (χ4n) is 3.91. The largest absolute Gasteiger partial charge is 0.365 e. The number of fused-ring (bicyclic) bond motifs is 2. The number of halogens is 1. The van der Waals surface area contributed by atoms with Gasteiger partial charge in [-0.15, -0.1) is 0 Å². The Bertz CT molecular complexity index is 1480. The Hall–Kier alpha value is -3.93. The molecule has 3 heterocycles. The number of hydrogen-bond acceptors (Lipinski definition) is 3. The summed E-state index contributed by atoms with van der Waals surface area (Å²) in [6, 6.07) is 18.1. The number of aromatic amines is 1. The maximum atomic E-state index is 13.3. The van der Waals surface area contributed by atoms with Crippen molar-refractivity contribution >= 4 is 22.4 Å². The van der Waals surface area contributed by atoms with Crippen LogP contribution in [-0.4, -0.2) is 14.4 Å². The molecule has 2 aromatic carbocycles. The molecule has 0 atom stereocenters. The first-order valence-corrected chi connectivity index (χ1v) is 10.1. The van der Waals surface area contributed by atoms with Crippen molar-refractivity contribution in [2.45, 2.75) is 20.4 Å². The minimum absolute atomic E-state index is 0.187. The number of para-hydroxylation sites is 1. The lowest BCUT2D eigenvalue weighted by molar-refractivity contribution is 0.627. The molecular weight excluding hydrogens is 391 g/mol. The van der Waals surface area contributed by atoms with Crippen LogP contribution in [0.4, 0.5) is 10.2 Å². The summed E-state index contributed by atoms with van der Waals surface area (Å²) in [6.45, 7) is 4.44. The molecule has 0 bridgehead atoms. The summed E-state index contributed by atoms with van der Waals surface area (Å²) in [5.41, 5.74) is 5.46. The average Bonchev–Trinajstić information content (AvgIpc) is 3.13. The van der Waals surface area contributed by atoms with E-state index >= 15 is 0 Å². The zero-order valence-corrected chi connectivity index (χ0v) is 17.2. The Kier molecular flexibility index (Phi) is 4.55. The molecule has 31 heavy (non-hydrogen) atoms. The minimum atomic E-state index is -0.271. The summed E-state index contributed by atoms with van der Waals surface area (Å²) in [5, 5.41) is 4.36. The van der Waals surface area contributed by atoms with Crippen molar-refractivity contribution in [2.75, 3.05) is 5.32 Å². The number of rotatable bonds is 4. The Morgan fingerprint density at radius 2 is 1.81 bits per heavy atom. The van der Waals surface area contributed by atoms with E-state index < -0.39 is 0 Å². The van der Waals surface area contributed by atoms with Gasteiger partial charge in [-0.1, -0.05) is 36.4 Å². The summed E-state index contributed by atoms with van der Waals surface area (Å²) in [7, 11) is 0. The molecule has 0 aliphatic rings. The average molecular weight is 412 g/mol. The molecule has 5 rings (SSSR count). The number of nitrogens with one attached hydrogen (secondary N) is 2. The molecule has 0 saturated carbocycles. The maximum Gasteiger partial charge on any atom is 0.258 e. The van der Waals surface area contributed by atoms with Gasteiger partial charge >= 0.3 is 0 Å². The Balaban J connectivity index is 1.68. The first-order chi connectivity index (χ1) is 15.0. The zero-order chi connectivity index (χ0) is 21.5. The predicted molar refractivity (Wildman–Crippen MR) is 122 cm³/mol. The number of hydrogen-bond donors (Lipinski definition) is 2. The van der Waals surface area contributed by atoms with E-state index in [1.807, 2.05) is 60.8 Å². The molecular formula is C25H21FN4O. The first-order valence-electron chi connectivity index (χ1n) is 10.1. The maximum absolute atomic E-state index is 13.3. The van der Waals surface area contributed by atoms with Gasteiger partial charge in [-0.05, 0) is 60.2 Å². The molecule has 0 saturated heterocycles. The number of H-pyrrole nitrogens is 1. The van der Waals surface area contributed by atoms with E-state index in [0.717, 1.165) is 39.1 Å². The normalized spacial score (nSPS) is 11.3. The third kappa shape index (κ3) is 3.36. The lowest BCUT2D eigenvalue weighted by Crippen LogP contribution is -2.11. The number of imidazole rings is 1. The quantitative estimate of drug-likeness (QED) is 0.426. The molecule has 3 aromatic heterocycles. The SMILES string of the molecule is Cc1cccc2cc(-c3nc4c(C)cccn4c3NCc3ccc(F)cc3)c(=O)[nH]c12. The van der Waals surface area contributed by atoms with Crippen LogP contribution in [0.3, 0.4) is 0 Å². The highest BCUT2D eigenvalue weighted by Gasteiger charge is 2.18. The van der Waals surface area contributed by atoms with Crippen molar-refractivity contribution in [3.8, 4) is 11.3 Å². The smallest absolute Gasteiger partial charge is 0.258 e. The molecule has 0 radical (unpaired) electrons.